The molecule has 0 N–H and O–H groups in total. The first kappa shape index (κ1) is 12.3. The highest BCUT2D eigenvalue weighted by Gasteiger charge is 2.19. The van der Waals surface area contributed by atoms with E-state index < -0.39 is 0 Å². The van der Waals surface area contributed by atoms with E-state index in [-0.39, 0.29) is 0 Å². The van der Waals surface area contributed by atoms with E-state index in [4.69, 9.17) is 0 Å². The molecule has 1 atom stereocenters. The first-order valence-electron chi connectivity index (χ1n) is 6.08. The molecule has 0 aromatic heterocycles. The predicted molar refractivity (Wildman–Crippen MR) is 68.2 cm³/mol. The molecule has 0 fully saturated rings. The van der Waals surface area contributed by atoms with Crippen LogP contribution in [-0.4, -0.2) is 0 Å². The lowest BCUT2D eigenvalue weighted by Crippen LogP contribution is -2.12. The lowest BCUT2D eigenvalue weighted by molar-refractivity contribution is 0.330. The maximum atomic E-state index is 2.33. The second-order valence-electron chi connectivity index (χ2n) is 5.66. The Labute approximate surface area is 94.7 Å². The van der Waals surface area contributed by atoms with E-state index in [0.29, 0.717) is 5.41 Å². The van der Waals surface area contributed by atoms with Crippen LogP contribution in [0.15, 0.2) is 30.3 Å². The fraction of sp³-hybridized carbons (Fsp3) is 0.600. The summed E-state index contributed by atoms with van der Waals surface area (Å²) in [6.07, 6.45) is 3.86. The summed E-state index contributed by atoms with van der Waals surface area (Å²) in [6, 6.07) is 10.9. The maximum absolute atomic E-state index is 2.33. The van der Waals surface area contributed by atoms with Gasteiger partial charge in [0.1, 0.15) is 0 Å². The number of benzene rings is 1. The molecule has 0 saturated heterocycles. The van der Waals surface area contributed by atoms with Crippen LogP contribution in [0.4, 0.5) is 0 Å². The van der Waals surface area contributed by atoms with Crippen molar-refractivity contribution in [3.8, 4) is 0 Å². The van der Waals surface area contributed by atoms with Crippen molar-refractivity contribution in [2.45, 2.75) is 52.9 Å². The average molecular weight is 204 g/mol. The van der Waals surface area contributed by atoms with E-state index in [2.05, 4.69) is 58.0 Å². The summed E-state index contributed by atoms with van der Waals surface area (Å²) in [4.78, 5) is 0. The molecule has 0 heteroatoms. The fourth-order valence-corrected chi connectivity index (χ4v) is 2.20. The SMILES string of the molecule is CCCC(CC(C)(C)C)c1ccccc1. The molecule has 0 aliphatic carbocycles. The average Bonchev–Trinajstić information content (AvgIpc) is 2.17. The summed E-state index contributed by atoms with van der Waals surface area (Å²) in [5, 5.41) is 0. The third kappa shape index (κ3) is 4.51. The van der Waals surface area contributed by atoms with E-state index in [1.165, 1.54) is 24.8 Å². The molecule has 1 aromatic rings. The van der Waals surface area contributed by atoms with Gasteiger partial charge < -0.3 is 0 Å². The van der Waals surface area contributed by atoms with Crippen molar-refractivity contribution in [1.82, 2.24) is 0 Å². The van der Waals surface area contributed by atoms with Gasteiger partial charge in [-0.15, -0.1) is 0 Å². The molecule has 1 rings (SSSR count). The Morgan fingerprint density at radius 2 is 1.67 bits per heavy atom. The molecule has 84 valence electrons. The molecule has 0 aliphatic heterocycles. The molecule has 1 aromatic carbocycles. The largest absolute Gasteiger partial charge is 0.0654 e. The predicted octanol–water partition coefficient (Wildman–Crippen LogP) is 5.01. The van der Waals surface area contributed by atoms with Crippen molar-refractivity contribution in [3.63, 3.8) is 0 Å². The minimum absolute atomic E-state index is 0.426. The Hall–Kier alpha value is -0.780. The van der Waals surface area contributed by atoms with Crippen molar-refractivity contribution in [2.75, 3.05) is 0 Å². The van der Waals surface area contributed by atoms with E-state index >= 15 is 0 Å². The summed E-state index contributed by atoms with van der Waals surface area (Å²) in [6.45, 7) is 9.27. The summed E-state index contributed by atoms with van der Waals surface area (Å²) in [7, 11) is 0. The van der Waals surface area contributed by atoms with E-state index in [1.807, 2.05) is 0 Å². The zero-order valence-electron chi connectivity index (χ0n) is 10.6. The van der Waals surface area contributed by atoms with Crippen molar-refractivity contribution in [2.24, 2.45) is 5.41 Å². The van der Waals surface area contributed by atoms with Gasteiger partial charge in [-0.3, -0.25) is 0 Å². The first-order valence-corrected chi connectivity index (χ1v) is 6.08. The normalized spacial score (nSPS) is 13.9. The molecular formula is C15H24. The Bertz CT molecular complexity index is 266. The van der Waals surface area contributed by atoms with Gasteiger partial charge in [-0.1, -0.05) is 64.4 Å². The Morgan fingerprint density at radius 3 is 2.13 bits per heavy atom. The molecule has 0 bridgehead atoms. The fourth-order valence-electron chi connectivity index (χ4n) is 2.20. The highest BCUT2D eigenvalue weighted by molar-refractivity contribution is 5.19. The quantitative estimate of drug-likeness (QED) is 0.647. The lowest BCUT2D eigenvalue weighted by atomic mass is 9.79. The second-order valence-corrected chi connectivity index (χ2v) is 5.66. The van der Waals surface area contributed by atoms with Crippen LogP contribution in [0.25, 0.3) is 0 Å². The van der Waals surface area contributed by atoms with Gasteiger partial charge in [-0.2, -0.15) is 0 Å². The van der Waals surface area contributed by atoms with Crippen molar-refractivity contribution in [3.05, 3.63) is 35.9 Å². The Kier molecular flexibility index (Phi) is 4.38. The summed E-state index contributed by atoms with van der Waals surface area (Å²) in [5.74, 6) is 0.733. The summed E-state index contributed by atoms with van der Waals surface area (Å²) < 4.78 is 0. The van der Waals surface area contributed by atoms with Crippen molar-refractivity contribution >= 4 is 0 Å². The first-order chi connectivity index (χ1) is 7.03. The highest BCUT2D eigenvalue weighted by atomic mass is 14.2. The smallest absolute Gasteiger partial charge is 0.0157 e. The molecular weight excluding hydrogens is 180 g/mol. The molecule has 1 unspecified atom stereocenters. The number of hydrogen-bond donors (Lipinski definition) is 0. The topological polar surface area (TPSA) is 0 Å². The van der Waals surface area contributed by atoms with Gasteiger partial charge in [0.15, 0.2) is 0 Å². The standard InChI is InChI=1S/C15H24/c1-5-9-14(12-15(2,3)4)13-10-7-6-8-11-13/h6-8,10-11,14H,5,9,12H2,1-4H3. The summed E-state index contributed by atoms with van der Waals surface area (Å²) >= 11 is 0. The van der Waals surface area contributed by atoms with Crippen LogP contribution in [0.2, 0.25) is 0 Å². The molecule has 0 spiro atoms. The minimum atomic E-state index is 0.426. The molecule has 0 amide bonds. The van der Waals surface area contributed by atoms with Gasteiger partial charge in [0.05, 0.1) is 0 Å². The minimum Gasteiger partial charge on any atom is -0.0654 e. The van der Waals surface area contributed by atoms with Gasteiger partial charge in [-0.05, 0) is 29.7 Å². The van der Waals surface area contributed by atoms with E-state index in [0.717, 1.165) is 5.92 Å². The molecule has 0 radical (unpaired) electrons. The van der Waals surface area contributed by atoms with Crippen LogP contribution in [0.1, 0.15) is 58.4 Å². The monoisotopic (exact) mass is 204 g/mol. The third-order valence-corrected chi connectivity index (χ3v) is 2.77. The van der Waals surface area contributed by atoms with Crippen LogP contribution < -0.4 is 0 Å². The van der Waals surface area contributed by atoms with Crippen LogP contribution in [0.3, 0.4) is 0 Å². The zero-order valence-corrected chi connectivity index (χ0v) is 10.6. The Morgan fingerprint density at radius 1 is 1.07 bits per heavy atom. The number of rotatable bonds is 4. The lowest BCUT2D eigenvalue weighted by Gasteiger charge is -2.26. The summed E-state index contributed by atoms with van der Waals surface area (Å²) in [5.41, 5.74) is 1.93. The van der Waals surface area contributed by atoms with Crippen LogP contribution in [0, 0.1) is 5.41 Å². The molecule has 15 heavy (non-hydrogen) atoms. The molecule has 0 saturated carbocycles. The van der Waals surface area contributed by atoms with Gasteiger partial charge >= 0.3 is 0 Å². The zero-order chi connectivity index (χ0) is 11.3. The van der Waals surface area contributed by atoms with Gasteiger partial charge in [-0.25, -0.2) is 0 Å². The van der Waals surface area contributed by atoms with Gasteiger partial charge in [0.2, 0.25) is 0 Å². The van der Waals surface area contributed by atoms with Crippen LogP contribution >= 0.6 is 0 Å². The van der Waals surface area contributed by atoms with Crippen molar-refractivity contribution in [1.29, 1.82) is 0 Å². The Balaban J connectivity index is 2.75. The van der Waals surface area contributed by atoms with Gasteiger partial charge in [0.25, 0.3) is 0 Å². The maximum Gasteiger partial charge on any atom is -0.0157 e. The molecule has 0 heterocycles. The highest BCUT2D eigenvalue weighted by Crippen LogP contribution is 2.33. The van der Waals surface area contributed by atoms with Crippen LogP contribution in [0.5, 0.6) is 0 Å². The van der Waals surface area contributed by atoms with Crippen molar-refractivity contribution < 1.29 is 0 Å². The van der Waals surface area contributed by atoms with E-state index in [1.54, 1.807) is 0 Å². The van der Waals surface area contributed by atoms with Gasteiger partial charge in [0, 0.05) is 0 Å². The third-order valence-electron chi connectivity index (χ3n) is 2.77. The van der Waals surface area contributed by atoms with Crippen LogP contribution in [-0.2, 0) is 0 Å². The number of hydrogen-bond acceptors (Lipinski definition) is 0. The molecule has 0 nitrogen and oxygen atoms in total. The second kappa shape index (κ2) is 5.34. The molecule has 0 aliphatic rings. The van der Waals surface area contributed by atoms with E-state index in [9.17, 15) is 0 Å².